The van der Waals surface area contributed by atoms with Gasteiger partial charge < -0.3 is 45.4 Å². The number of carboxylic acids is 2. The van der Waals surface area contributed by atoms with E-state index in [0.29, 0.717) is 63.8 Å². The van der Waals surface area contributed by atoms with Gasteiger partial charge in [-0.2, -0.15) is 0 Å². The summed E-state index contributed by atoms with van der Waals surface area (Å²) < 4.78 is 10.6. The third-order valence-electron chi connectivity index (χ3n) is 3.90. The molecule has 1 heterocycles. The Morgan fingerprint density at radius 1 is 1.06 bits per heavy atom. The van der Waals surface area contributed by atoms with Gasteiger partial charge in [0.05, 0.1) is 13.2 Å². The number of aromatic hydroxyl groups is 1. The normalized spacial score (nSPS) is 14.2. The molecular weight excluding hydrogens is 426 g/mol. The molecule has 32 heavy (non-hydrogen) atoms. The van der Waals surface area contributed by atoms with Crippen molar-refractivity contribution in [2.75, 3.05) is 52.5 Å². The maximum absolute atomic E-state index is 11.8. The first kappa shape index (κ1) is 26.7. The number of benzene rings is 1. The van der Waals surface area contributed by atoms with E-state index in [0.717, 1.165) is 0 Å². The second-order valence-electron chi connectivity index (χ2n) is 6.50. The van der Waals surface area contributed by atoms with Crippen LogP contribution in [0, 0.1) is 0 Å². The Morgan fingerprint density at radius 3 is 2.22 bits per heavy atom. The molecule has 6 N–H and O–H groups in total. The molecule has 2 amide bonds. The fourth-order valence-electron chi connectivity index (χ4n) is 2.34. The number of amides is 2. The number of aliphatic hydroxyl groups excluding tert-OH is 1. The van der Waals surface area contributed by atoms with Crippen LogP contribution < -0.4 is 15.4 Å². The maximum Gasteiger partial charge on any atom is 0.328 e. The van der Waals surface area contributed by atoms with Crippen molar-refractivity contribution >= 4 is 18.0 Å². The van der Waals surface area contributed by atoms with Crippen molar-refractivity contribution in [3.8, 4) is 11.5 Å². The number of phenols is 1. The predicted molar refractivity (Wildman–Crippen MR) is 113 cm³/mol. The fraction of sp³-hybridized carbons (Fsp3) is 0.450. The number of carboxylic acid groups (broad SMARTS) is 2. The van der Waals surface area contributed by atoms with E-state index < -0.39 is 18.0 Å². The van der Waals surface area contributed by atoms with Gasteiger partial charge in [-0.1, -0.05) is 0 Å². The highest BCUT2D eigenvalue weighted by Gasteiger charge is 2.15. The van der Waals surface area contributed by atoms with Crippen LogP contribution in [0.2, 0.25) is 0 Å². The van der Waals surface area contributed by atoms with E-state index in [4.69, 9.17) is 24.8 Å². The standard InChI is InChI=1S/C16H25N3O5.C4H4O4/c20-13-1-3-15(4-2-13)24-12-14(21)11-17-5-6-18-16(22)19-7-9-23-10-8-19;5-3(6)1-2-4(7)8/h1-4,14,17,20-21H,5-12H2,(H,18,22);1-2H,(H,5,6)(H,7,8)/b;2-1-. The van der Waals surface area contributed by atoms with Crippen molar-refractivity contribution in [3.05, 3.63) is 36.4 Å². The van der Waals surface area contributed by atoms with Crippen molar-refractivity contribution < 1.29 is 44.3 Å². The van der Waals surface area contributed by atoms with Crippen molar-refractivity contribution in [1.29, 1.82) is 0 Å². The molecule has 12 heteroatoms. The number of morpholine rings is 1. The predicted octanol–water partition coefficient (Wildman–Crippen LogP) is -0.525. The summed E-state index contributed by atoms with van der Waals surface area (Å²) in [5.74, 6) is -1.76. The Morgan fingerprint density at radius 2 is 1.66 bits per heavy atom. The number of nitrogens with zero attached hydrogens (tertiary/aromatic N) is 1. The summed E-state index contributed by atoms with van der Waals surface area (Å²) >= 11 is 0. The first-order chi connectivity index (χ1) is 15.3. The molecular formula is C20H29N3O9. The third kappa shape index (κ3) is 13.1. The summed E-state index contributed by atoms with van der Waals surface area (Å²) in [7, 11) is 0. The van der Waals surface area contributed by atoms with E-state index in [1.807, 2.05) is 0 Å². The molecule has 0 spiro atoms. The highest BCUT2D eigenvalue weighted by Crippen LogP contribution is 2.15. The maximum atomic E-state index is 11.8. The zero-order chi connectivity index (χ0) is 23.8. The second-order valence-corrected chi connectivity index (χ2v) is 6.50. The van der Waals surface area contributed by atoms with Gasteiger partial charge in [-0.25, -0.2) is 14.4 Å². The van der Waals surface area contributed by atoms with Gasteiger partial charge in [0, 0.05) is 44.9 Å². The van der Waals surface area contributed by atoms with Crippen LogP contribution in [0.3, 0.4) is 0 Å². The van der Waals surface area contributed by atoms with Crippen molar-refractivity contribution in [1.82, 2.24) is 15.5 Å². The molecule has 1 aliphatic rings. The van der Waals surface area contributed by atoms with E-state index in [9.17, 15) is 19.5 Å². The smallest absolute Gasteiger partial charge is 0.328 e. The van der Waals surface area contributed by atoms with Crippen LogP contribution >= 0.6 is 0 Å². The number of hydrogen-bond acceptors (Lipinski definition) is 8. The molecule has 1 aromatic carbocycles. The van der Waals surface area contributed by atoms with Gasteiger partial charge in [0.25, 0.3) is 0 Å². The molecule has 1 unspecified atom stereocenters. The molecule has 2 rings (SSSR count). The lowest BCUT2D eigenvalue weighted by molar-refractivity contribution is -0.134. The van der Waals surface area contributed by atoms with Crippen LogP contribution in [0.1, 0.15) is 0 Å². The summed E-state index contributed by atoms with van der Waals surface area (Å²) in [6.45, 7) is 3.97. The zero-order valence-corrected chi connectivity index (χ0v) is 17.5. The number of carbonyl (C=O) groups excluding carboxylic acids is 1. The highest BCUT2D eigenvalue weighted by molar-refractivity contribution is 5.89. The molecule has 12 nitrogen and oxygen atoms in total. The lowest BCUT2D eigenvalue weighted by atomic mass is 10.3. The van der Waals surface area contributed by atoms with Crippen molar-refractivity contribution in [2.45, 2.75) is 6.10 Å². The van der Waals surface area contributed by atoms with Gasteiger partial charge in [0.2, 0.25) is 0 Å². The van der Waals surface area contributed by atoms with E-state index in [2.05, 4.69) is 10.6 Å². The summed E-state index contributed by atoms with van der Waals surface area (Å²) in [5, 5.41) is 40.5. The molecule has 1 aromatic rings. The average Bonchev–Trinajstić information content (AvgIpc) is 2.78. The van der Waals surface area contributed by atoms with Crippen LogP contribution in [0.25, 0.3) is 0 Å². The lowest BCUT2D eigenvalue weighted by Gasteiger charge is -2.27. The zero-order valence-electron chi connectivity index (χ0n) is 17.5. The molecule has 1 saturated heterocycles. The largest absolute Gasteiger partial charge is 0.508 e. The van der Waals surface area contributed by atoms with Gasteiger partial charge >= 0.3 is 18.0 Å². The number of urea groups is 1. The number of rotatable bonds is 10. The fourth-order valence-corrected chi connectivity index (χ4v) is 2.34. The van der Waals surface area contributed by atoms with E-state index in [1.54, 1.807) is 17.0 Å². The number of ether oxygens (including phenoxy) is 2. The molecule has 0 bridgehead atoms. The SMILES string of the molecule is O=C(NCCNCC(O)COc1ccc(O)cc1)N1CCOCC1.O=C(O)/C=C\C(=O)O. The molecule has 0 aromatic heterocycles. The van der Waals surface area contributed by atoms with Gasteiger partial charge in [-0.05, 0) is 24.3 Å². The van der Waals surface area contributed by atoms with Gasteiger partial charge in [0.15, 0.2) is 0 Å². The quantitative estimate of drug-likeness (QED) is 0.199. The molecule has 1 fully saturated rings. The average molecular weight is 455 g/mol. The topological polar surface area (TPSA) is 178 Å². The molecule has 1 atom stereocenters. The van der Waals surface area contributed by atoms with E-state index >= 15 is 0 Å². The third-order valence-corrected chi connectivity index (χ3v) is 3.90. The van der Waals surface area contributed by atoms with E-state index in [1.165, 1.54) is 12.1 Å². The minimum Gasteiger partial charge on any atom is -0.508 e. The minimum absolute atomic E-state index is 0.0867. The number of hydrogen-bond donors (Lipinski definition) is 6. The Hall–Kier alpha value is -3.35. The van der Waals surface area contributed by atoms with Crippen molar-refractivity contribution in [2.24, 2.45) is 0 Å². The monoisotopic (exact) mass is 455 g/mol. The lowest BCUT2D eigenvalue weighted by Crippen LogP contribution is -2.47. The molecule has 178 valence electrons. The number of phenolic OH excluding ortho intramolecular Hbond substituents is 1. The Labute approximate surface area is 185 Å². The highest BCUT2D eigenvalue weighted by atomic mass is 16.5. The van der Waals surface area contributed by atoms with E-state index in [-0.39, 0.29) is 18.4 Å². The number of aliphatic carboxylic acids is 2. The van der Waals surface area contributed by atoms with Gasteiger partial charge in [-0.15, -0.1) is 0 Å². The summed E-state index contributed by atoms with van der Waals surface area (Å²) in [6, 6.07) is 6.23. The number of aliphatic hydroxyl groups is 1. The van der Waals surface area contributed by atoms with Crippen LogP contribution in [-0.2, 0) is 14.3 Å². The summed E-state index contributed by atoms with van der Waals surface area (Å²) in [5.41, 5.74) is 0. The van der Waals surface area contributed by atoms with Crippen LogP contribution in [0.4, 0.5) is 4.79 Å². The first-order valence-corrected chi connectivity index (χ1v) is 9.83. The van der Waals surface area contributed by atoms with Crippen LogP contribution in [-0.4, -0.2) is 102 Å². The number of nitrogens with one attached hydrogen (secondary N) is 2. The van der Waals surface area contributed by atoms with Crippen LogP contribution in [0.5, 0.6) is 11.5 Å². The van der Waals surface area contributed by atoms with Gasteiger partial charge in [-0.3, -0.25) is 0 Å². The molecule has 1 aliphatic heterocycles. The first-order valence-electron chi connectivity index (χ1n) is 9.83. The van der Waals surface area contributed by atoms with Gasteiger partial charge in [0.1, 0.15) is 24.2 Å². The Kier molecular flexibility index (Phi) is 12.9. The molecule has 0 aliphatic carbocycles. The Balaban J connectivity index is 0.000000547. The van der Waals surface area contributed by atoms with Crippen molar-refractivity contribution in [3.63, 3.8) is 0 Å². The minimum atomic E-state index is -1.26. The van der Waals surface area contributed by atoms with Crippen LogP contribution in [0.15, 0.2) is 36.4 Å². The number of carbonyl (C=O) groups is 3. The Bertz CT molecular complexity index is 718. The second kappa shape index (κ2) is 15.5. The summed E-state index contributed by atoms with van der Waals surface area (Å²) in [4.78, 5) is 32.7. The summed E-state index contributed by atoms with van der Waals surface area (Å²) in [6.07, 6.45) is 0.457. The molecule has 0 saturated carbocycles. The molecule has 0 radical (unpaired) electrons.